The zero-order valence-corrected chi connectivity index (χ0v) is 16.1. The van der Waals surface area contributed by atoms with Crippen molar-refractivity contribution < 1.29 is 4.79 Å². The van der Waals surface area contributed by atoms with E-state index in [1.807, 2.05) is 6.08 Å². The first-order valence-corrected chi connectivity index (χ1v) is 9.49. The number of aromatic nitrogens is 1. The van der Waals surface area contributed by atoms with Crippen LogP contribution in [0.5, 0.6) is 0 Å². The van der Waals surface area contributed by atoms with Gasteiger partial charge in [0.25, 0.3) is 5.91 Å². The van der Waals surface area contributed by atoms with E-state index >= 15 is 0 Å². The van der Waals surface area contributed by atoms with Crippen LogP contribution in [0.2, 0.25) is 0 Å². The van der Waals surface area contributed by atoms with Gasteiger partial charge in [-0.2, -0.15) is 5.10 Å². The summed E-state index contributed by atoms with van der Waals surface area (Å²) in [6.45, 7) is 14.0. The Labute approximate surface area is 150 Å². The van der Waals surface area contributed by atoms with Crippen LogP contribution < -0.4 is 5.43 Å². The van der Waals surface area contributed by atoms with Crippen LogP contribution in [-0.2, 0) is 11.3 Å². The molecule has 1 amide bonds. The minimum absolute atomic E-state index is 0.0749. The average Bonchev–Trinajstić information content (AvgIpc) is 3.28. The molecular formula is C20H30N4O. The van der Waals surface area contributed by atoms with Gasteiger partial charge < -0.3 is 4.98 Å². The van der Waals surface area contributed by atoms with Crippen molar-refractivity contribution >= 4 is 17.7 Å². The Morgan fingerprint density at radius 1 is 1.28 bits per heavy atom. The third-order valence-electron chi connectivity index (χ3n) is 5.29. The molecule has 0 atom stereocenters. The van der Waals surface area contributed by atoms with Crippen LogP contribution in [0.3, 0.4) is 0 Å². The summed E-state index contributed by atoms with van der Waals surface area (Å²) in [6, 6.07) is 0. The SMILES string of the molecule is CCN(CC)Cc1c(C)[nH]c(/C=C2/C(=O)NN=C2C2CC2)c1C(C)C. The molecule has 0 spiro atoms. The van der Waals surface area contributed by atoms with Gasteiger partial charge in [-0.05, 0) is 56.0 Å². The van der Waals surface area contributed by atoms with E-state index in [1.54, 1.807) is 0 Å². The maximum absolute atomic E-state index is 12.2. The van der Waals surface area contributed by atoms with Crippen LogP contribution in [0.15, 0.2) is 10.7 Å². The minimum Gasteiger partial charge on any atom is -0.359 e. The smallest absolute Gasteiger partial charge is 0.273 e. The van der Waals surface area contributed by atoms with Crippen molar-refractivity contribution in [3.05, 3.63) is 28.1 Å². The fraction of sp³-hybridized carbons (Fsp3) is 0.600. The molecule has 2 aliphatic rings. The van der Waals surface area contributed by atoms with E-state index in [4.69, 9.17) is 0 Å². The number of aromatic amines is 1. The molecule has 2 heterocycles. The third kappa shape index (κ3) is 3.56. The summed E-state index contributed by atoms with van der Waals surface area (Å²) in [6.07, 6.45) is 4.30. The Kier molecular flexibility index (Phi) is 5.13. The summed E-state index contributed by atoms with van der Waals surface area (Å²) in [5.41, 5.74) is 9.28. The molecule has 1 aromatic heterocycles. The highest BCUT2D eigenvalue weighted by atomic mass is 16.2. The maximum atomic E-state index is 12.2. The van der Waals surface area contributed by atoms with Crippen molar-refractivity contribution in [3.63, 3.8) is 0 Å². The second-order valence-electron chi connectivity index (χ2n) is 7.44. The van der Waals surface area contributed by atoms with Crippen molar-refractivity contribution in [2.24, 2.45) is 11.0 Å². The molecule has 0 bridgehead atoms. The molecular weight excluding hydrogens is 312 g/mol. The summed E-state index contributed by atoms with van der Waals surface area (Å²) in [4.78, 5) is 18.2. The van der Waals surface area contributed by atoms with Gasteiger partial charge in [-0.3, -0.25) is 9.69 Å². The largest absolute Gasteiger partial charge is 0.359 e. The molecule has 25 heavy (non-hydrogen) atoms. The van der Waals surface area contributed by atoms with Crippen molar-refractivity contribution in [1.82, 2.24) is 15.3 Å². The van der Waals surface area contributed by atoms with Gasteiger partial charge in [-0.1, -0.05) is 27.7 Å². The molecule has 0 aromatic carbocycles. The Morgan fingerprint density at radius 3 is 2.52 bits per heavy atom. The zero-order chi connectivity index (χ0) is 18.1. The molecule has 2 N–H and O–H groups in total. The van der Waals surface area contributed by atoms with Gasteiger partial charge in [0.05, 0.1) is 11.3 Å². The standard InChI is InChI=1S/C20H30N4O/c1-6-24(7-2)11-16-13(5)21-17(18(16)12(3)4)10-15-19(14-8-9-14)22-23-20(15)25/h10,12,14,21H,6-9,11H2,1-5H3,(H,23,25)/b15-10+. The van der Waals surface area contributed by atoms with E-state index in [-0.39, 0.29) is 5.91 Å². The van der Waals surface area contributed by atoms with Crippen LogP contribution in [0, 0.1) is 12.8 Å². The molecule has 1 fully saturated rings. The van der Waals surface area contributed by atoms with Gasteiger partial charge in [-0.15, -0.1) is 0 Å². The Bertz CT molecular complexity index is 718. The number of carbonyl (C=O) groups excluding carboxylic acids is 1. The number of aryl methyl sites for hydroxylation is 1. The zero-order valence-electron chi connectivity index (χ0n) is 16.1. The lowest BCUT2D eigenvalue weighted by atomic mass is 9.95. The number of amides is 1. The topological polar surface area (TPSA) is 60.5 Å². The molecule has 5 nitrogen and oxygen atoms in total. The predicted octanol–water partition coefficient (Wildman–Crippen LogP) is 3.57. The van der Waals surface area contributed by atoms with Crippen molar-refractivity contribution in [2.45, 2.75) is 59.9 Å². The summed E-state index contributed by atoms with van der Waals surface area (Å²) < 4.78 is 0. The van der Waals surface area contributed by atoms with E-state index in [0.29, 0.717) is 11.8 Å². The van der Waals surface area contributed by atoms with Gasteiger partial charge in [0.15, 0.2) is 0 Å². The summed E-state index contributed by atoms with van der Waals surface area (Å²) in [5, 5.41) is 4.26. The highest BCUT2D eigenvalue weighted by molar-refractivity contribution is 6.28. The molecule has 0 unspecified atom stereocenters. The Hall–Kier alpha value is -1.88. The third-order valence-corrected chi connectivity index (χ3v) is 5.29. The van der Waals surface area contributed by atoms with E-state index in [9.17, 15) is 4.79 Å². The fourth-order valence-corrected chi connectivity index (χ4v) is 3.66. The maximum Gasteiger partial charge on any atom is 0.273 e. The number of hydrogen-bond acceptors (Lipinski definition) is 3. The number of rotatable bonds is 7. The number of carbonyl (C=O) groups is 1. The second-order valence-corrected chi connectivity index (χ2v) is 7.44. The fourth-order valence-electron chi connectivity index (χ4n) is 3.66. The lowest BCUT2D eigenvalue weighted by Crippen LogP contribution is -2.23. The normalized spacial score (nSPS) is 19.2. The summed E-state index contributed by atoms with van der Waals surface area (Å²) >= 11 is 0. The first-order valence-electron chi connectivity index (χ1n) is 9.49. The summed E-state index contributed by atoms with van der Waals surface area (Å²) in [7, 11) is 0. The predicted molar refractivity (Wildman–Crippen MR) is 103 cm³/mol. The van der Waals surface area contributed by atoms with E-state index < -0.39 is 0 Å². The lowest BCUT2D eigenvalue weighted by molar-refractivity contribution is -0.116. The summed E-state index contributed by atoms with van der Waals surface area (Å²) in [5.74, 6) is 0.779. The van der Waals surface area contributed by atoms with Gasteiger partial charge in [0.2, 0.25) is 0 Å². The molecule has 1 aromatic rings. The highest BCUT2D eigenvalue weighted by Gasteiger charge is 2.36. The van der Waals surface area contributed by atoms with E-state index in [0.717, 1.165) is 49.5 Å². The lowest BCUT2D eigenvalue weighted by Gasteiger charge is -2.20. The average molecular weight is 342 g/mol. The van der Waals surface area contributed by atoms with E-state index in [1.165, 1.54) is 16.8 Å². The van der Waals surface area contributed by atoms with Crippen molar-refractivity contribution in [1.29, 1.82) is 0 Å². The quantitative estimate of drug-likeness (QED) is 0.744. The van der Waals surface area contributed by atoms with Crippen molar-refractivity contribution in [2.75, 3.05) is 13.1 Å². The molecule has 0 saturated heterocycles. The van der Waals surface area contributed by atoms with Crippen LogP contribution in [0.1, 0.15) is 69.0 Å². The van der Waals surface area contributed by atoms with E-state index in [2.05, 4.69) is 55.0 Å². The minimum atomic E-state index is -0.0749. The molecule has 136 valence electrons. The van der Waals surface area contributed by atoms with Gasteiger partial charge in [0.1, 0.15) is 0 Å². The van der Waals surface area contributed by atoms with Crippen LogP contribution in [0.4, 0.5) is 0 Å². The molecule has 5 heteroatoms. The number of hydrazone groups is 1. The first kappa shape index (κ1) is 17.9. The number of nitrogens with zero attached hydrogens (tertiary/aromatic N) is 2. The molecule has 1 saturated carbocycles. The number of H-pyrrole nitrogens is 1. The number of hydrogen-bond donors (Lipinski definition) is 2. The van der Waals surface area contributed by atoms with Crippen LogP contribution >= 0.6 is 0 Å². The van der Waals surface area contributed by atoms with Crippen LogP contribution in [0.25, 0.3) is 6.08 Å². The Morgan fingerprint density at radius 2 is 1.96 bits per heavy atom. The number of nitrogens with one attached hydrogen (secondary N) is 2. The van der Waals surface area contributed by atoms with Gasteiger partial charge >= 0.3 is 0 Å². The second kappa shape index (κ2) is 7.16. The highest BCUT2D eigenvalue weighted by Crippen LogP contribution is 2.36. The van der Waals surface area contributed by atoms with Crippen LogP contribution in [-0.4, -0.2) is 34.6 Å². The van der Waals surface area contributed by atoms with Gasteiger partial charge in [0, 0.05) is 23.9 Å². The molecule has 0 radical (unpaired) electrons. The molecule has 3 rings (SSSR count). The monoisotopic (exact) mass is 342 g/mol. The molecule has 1 aliphatic heterocycles. The van der Waals surface area contributed by atoms with Gasteiger partial charge in [-0.25, -0.2) is 5.43 Å². The molecule has 1 aliphatic carbocycles. The van der Waals surface area contributed by atoms with Crippen molar-refractivity contribution in [3.8, 4) is 0 Å². The first-order chi connectivity index (χ1) is 12.0. The Balaban J connectivity index is 2.00.